The number of hydrogen-bond donors (Lipinski definition) is 1. The van der Waals surface area contributed by atoms with E-state index in [0.29, 0.717) is 11.0 Å². The van der Waals surface area contributed by atoms with Crippen LogP contribution in [0.25, 0.3) is 0 Å². The lowest BCUT2D eigenvalue weighted by Gasteiger charge is -2.12. The topological polar surface area (TPSA) is 21.3 Å². The van der Waals surface area contributed by atoms with Crippen LogP contribution in [0, 0.1) is 12.7 Å². The number of aryl methyl sites for hydroxylation is 1. The molecule has 2 nitrogen and oxygen atoms in total. The minimum atomic E-state index is -0.253. The first-order valence-corrected chi connectivity index (χ1v) is 6.72. The van der Waals surface area contributed by atoms with Crippen LogP contribution in [0.2, 0.25) is 0 Å². The molecule has 4 heteroatoms. The first-order chi connectivity index (χ1) is 9.10. The third-order valence-electron chi connectivity index (χ3n) is 2.82. The summed E-state index contributed by atoms with van der Waals surface area (Å²) in [5, 5.41) is 3.29. The van der Waals surface area contributed by atoms with Gasteiger partial charge >= 0.3 is 0 Å². The molecular weight excluding hydrogens is 309 g/mol. The van der Waals surface area contributed by atoms with Crippen LogP contribution in [0.1, 0.15) is 11.1 Å². The highest BCUT2D eigenvalue weighted by Crippen LogP contribution is 2.26. The fourth-order valence-electron chi connectivity index (χ4n) is 1.79. The molecule has 2 aromatic rings. The Morgan fingerprint density at radius 2 is 2.00 bits per heavy atom. The number of hydrogen-bond acceptors (Lipinski definition) is 2. The second kappa shape index (κ2) is 6.06. The van der Waals surface area contributed by atoms with Crippen molar-refractivity contribution in [2.45, 2.75) is 13.5 Å². The lowest BCUT2D eigenvalue weighted by molar-refractivity contribution is 0.416. The molecule has 0 bridgehead atoms. The van der Waals surface area contributed by atoms with Crippen LogP contribution >= 0.6 is 15.9 Å². The van der Waals surface area contributed by atoms with Crippen LogP contribution in [0.4, 0.5) is 10.1 Å². The molecule has 19 heavy (non-hydrogen) atoms. The zero-order valence-electron chi connectivity index (χ0n) is 10.8. The number of methoxy groups -OCH3 is 1. The summed E-state index contributed by atoms with van der Waals surface area (Å²) in [6.07, 6.45) is 0. The average molecular weight is 324 g/mol. The third kappa shape index (κ3) is 3.47. The van der Waals surface area contributed by atoms with Crippen molar-refractivity contribution in [2.75, 3.05) is 12.4 Å². The molecule has 0 heterocycles. The highest BCUT2D eigenvalue weighted by Gasteiger charge is 2.04. The van der Waals surface area contributed by atoms with Gasteiger partial charge in [-0.15, -0.1) is 0 Å². The van der Waals surface area contributed by atoms with E-state index in [-0.39, 0.29) is 5.82 Å². The number of benzene rings is 2. The number of anilines is 1. The zero-order chi connectivity index (χ0) is 13.8. The van der Waals surface area contributed by atoms with Gasteiger partial charge in [-0.05, 0) is 58.2 Å². The quantitative estimate of drug-likeness (QED) is 0.893. The van der Waals surface area contributed by atoms with E-state index in [4.69, 9.17) is 4.74 Å². The Kier molecular flexibility index (Phi) is 4.43. The van der Waals surface area contributed by atoms with Crippen LogP contribution in [-0.4, -0.2) is 7.11 Å². The average Bonchev–Trinajstić information content (AvgIpc) is 2.41. The van der Waals surface area contributed by atoms with Gasteiger partial charge in [-0.2, -0.15) is 0 Å². The molecule has 0 aromatic heterocycles. The van der Waals surface area contributed by atoms with Crippen molar-refractivity contribution in [3.8, 4) is 5.75 Å². The van der Waals surface area contributed by atoms with Gasteiger partial charge in [-0.1, -0.05) is 12.1 Å². The van der Waals surface area contributed by atoms with Crippen LogP contribution < -0.4 is 10.1 Å². The van der Waals surface area contributed by atoms with Crippen LogP contribution in [-0.2, 0) is 6.54 Å². The van der Waals surface area contributed by atoms with Gasteiger partial charge in [0, 0.05) is 6.54 Å². The van der Waals surface area contributed by atoms with E-state index < -0.39 is 0 Å². The Balaban J connectivity index is 2.12. The van der Waals surface area contributed by atoms with Crippen molar-refractivity contribution in [1.29, 1.82) is 0 Å². The summed E-state index contributed by atoms with van der Waals surface area (Å²) in [6, 6.07) is 10.9. The highest BCUT2D eigenvalue weighted by atomic mass is 79.9. The Morgan fingerprint density at radius 1 is 1.21 bits per heavy atom. The van der Waals surface area contributed by atoms with E-state index in [9.17, 15) is 4.39 Å². The molecule has 0 aliphatic carbocycles. The normalized spacial score (nSPS) is 10.3. The van der Waals surface area contributed by atoms with E-state index in [1.807, 2.05) is 25.1 Å². The maximum Gasteiger partial charge on any atom is 0.142 e. The van der Waals surface area contributed by atoms with Crippen molar-refractivity contribution >= 4 is 21.6 Å². The second-order valence-electron chi connectivity index (χ2n) is 4.31. The summed E-state index contributed by atoms with van der Waals surface area (Å²) < 4.78 is 18.9. The van der Waals surface area contributed by atoms with Gasteiger partial charge in [0.05, 0.1) is 17.3 Å². The Labute approximate surface area is 120 Å². The molecule has 2 aromatic carbocycles. The van der Waals surface area contributed by atoms with Crippen molar-refractivity contribution in [3.63, 3.8) is 0 Å². The van der Waals surface area contributed by atoms with E-state index in [1.54, 1.807) is 19.2 Å². The molecule has 1 N–H and O–H groups in total. The Morgan fingerprint density at radius 3 is 2.68 bits per heavy atom. The number of halogens is 2. The molecule has 0 unspecified atom stereocenters. The maximum atomic E-state index is 13.1. The summed E-state index contributed by atoms with van der Waals surface area (Å²) >= 11 is 3.18. The van der Waals surface area contributed by atoms with Crippen molar-refractivity contribution < 1.29 is 9.13 Å². The summed E-state index contributed by atoms with van der Waals surface area (Å²) in [6.45, 7) is 2.63. The molecule has 0 atom stereocenters. The molecule has 0 aliphatic heterocycles. The van der Waals surface area contributed by atoms with Crippen LogP contribution in [0.15, 0.2) is 40.9 Å². The van der Waals surface area contributed by atoms with E-state index in [0.717, 1.165) is 22.6 Å². The van der Waals surface area contributed by atoms with Gasteiger partial charge < -0.3 is 10.1 Å². The van der Waals surface area contributed by atoms with Gasteiger partial charge in [0.15, 0.2) is 0 Å². The fourth-order valence-corrected chi connectivity index (χ4v) is 2.22. The minimum Gasteiger partial charge on any atom is -0.495 e. The van der Waals surface area contributed by atoms with E-state index >= 15 is 0 Å². The molecule has 0 amide bonds. The summed E-state index contributed by atoms with van der Waals surface area (Å²) in [5.41, 5.74) is 3.07. The van der Waals surface area contributed by atoms with Crippen LogP contribution in [0.5, 0.6) is 5.75 Å². The molecule has 0 saturated heterocycles. The SMILES string of the molecule is COc1cc(C)ccc1NCc1ccc(F)c(Br)c1. The second-order valence-corrected chi connectivity index (χ2v) is 5.16. The van der Waals surface area contributed by atoms with Crippen molar-refractivity contribution in [1.82, 2.24) is 0 Å². The first kappa shape index (κ1) is 13.9. The number of nitrogens with one attached hydrogen (secondary N) is 1. The smallest absolute Gasteiger partial charge is 0.142 e. The monoisotopic (exact) mass is 323 g/mol. The zero-order valence-corrected chi connectivity index (χ0v) is 12.4. The lowest BCUT2D eigenvalue weighted by atomic mass is 10.2. The van der Waals surface area contributed by atoms with Gasteiger partial charge in [0.2, 0.25) is 0 Å². The van der Waals surface area contributed by atoms with E-state index in [2.05, 4.69) is 21.2 Å². The van der Waals surface area contributed by atoms with E-state index in [1.165, 1.54) is 6.07 Å². The van der Waals surface area contributed by atoms with Gasteiger partial charge in [0.1, 0.15) is 11.6 Å². The largest absolute Gasteiger partial charge is 0.495 e. The molecule has 0 aliphatic rings. The summed E-state index contributed by atoms with van der Waals surface area (Å²) in [4.78, 5) is 0. The van der Waals surface area contributed by atoms with Gasteiger partial charge in [-0.3, -0.25) is 0 Å². The lowest BCUT2D eigenvalue weighted by Crippen LogP contribution is -2.02. The van der Waals surface area contributed by atoms with Crippen LogP contribution in [0.3, 0.4) is 0 Å². The van der Waals surface area contributed by atoms with Crippen molar-refractivity contribution in [3.05, 3.63) is 57.8 Å². The standard InChI is InChI=1S/C15H15BrFNO/c1-10-3-6-14(15(7-10)19-2)18-9-11-4-5-13(17)12(16)8-11/h3-8,18H,9H2,1-2H3. The molecule has 0 saturated carbocycles. The molecule has 0 spiro atoms. The molecule has 2 rings (SSSR count). The summed E-state index contributed by atoms with van der Waals surface area (Å²) in [5.74, 6) is 0.554. The number of ether oxygens (including phenoxy) is 1. The van der Waals surface area contributed by atoms with Gasteiger partial charge in [-0.25, -0.2) is 4.39 Å². The number of rotatable bonds is 4. The van der Waals surface area contributed by atoms with Gasteiger partial charge in [0.25, 0.3) is 0 Å². The molecule has 0 radical (unpaired) electrons. The third-order valence-corrected chi connectivity index (χ3v) is 3.43. The highest BCUT2D eigenvalue weighted by molar-refractivity contribution is 9.10. The summed E-state index contributed by atoms with van der Waals surface area (Å²) in [7, 11) is 1.65. The Hall–Kier alpha value is -1.55. The molecular formula is C15H15BrFNO. The fraction of sp³-hybridized carbons (Fsp3) is 0.200. The predicted octanol–water partition coefficient (Wildman–Crippen LogP) is 4.52. The maximum absolute atomic E-state index is 13.1. The Bertz CT molecular complexity index is 586. The predicted molar refractivity (Wildman–Crippen MR) is 79.2 cm³/mol. The minimum absolute atomic E-state index is 0.253. The van der Waals surface area contributed by atoms with Crippen molar-refractivity contribution in [2.24, 2.45) is 0 Å². The first-order valence-electron chi connectivity index (χ1n) is 5.92. The molecule has 100 valence electrons. The molecule has 0 fully saturated rings.